The molecule has 0 radical (unpaired) electrons. The Labute approximate surface area is 158 Å². The fraction of sp³-hybridized carbons (Fsp3) is 0.611. The molecular formula is C18H32IN3O. The molecule has 4 nitrogen and oxygen atoms in total. The zero-order valence-electron chi connectivity index (χ0n) is 14.9. The lowest BCUT2D eigenvalue weighted by molar-refractivity contribution is 0.414. The highest BCUT2D eigenvalue weighted by atomic mass is 127. The molecule has 5 heteroatoms. The van der Waals surface area contributed by atoms with Crippen LogP contribution in [0.1, 0.15) is 45.1 Å². The predicted octanol–water partition coefficient (Wildman–Crippen LogP) is 4.19. The average molecular weight is 433 g/mol. The normalized spacial score (nSPS) is 12.3. The monoisotopic (exact) mass is 433 g/mol. The first-order valence-corrected chi connectivity index (χ1v) is 8.30. The summed E-state index contributed by atoms with van der Waals surface area (Å²) in [5.74, 6) is 2.47. The van der Waals surface area contributed by atoms with E-state index < -0.39 is 0 Å². The second kappa shape index (κ2) is 13.5. The van der Waals surface area contributed by atoms with Crippen LogP contribution in [-0.4, -0.2) is 26.7 Å². The summed E-state index contributed by atoms with van der Waals surface area (Å²) in [5.41, 5.74) is 1.21. The van der Waals surface area contributed by atoms with Gasteiger partial charge in [0, 0.05) is 20.1 Å². The van der Waals surface area contributed by atoms with Gasteiger partial charge in [-0.05, 0) is 30.0 Å². The van der Waals surface area contributed by atoms with Crippen molar-refractivity contribution in [2.45, 2.75) is 46.1 Å². The number of hydrogen-bond acceptors (Lipinski definition) is 2. The lowest BCUT2D eigenvalue weighted by Crippen LogP contribution is -2.39. The van der Waals surface area contributed by atoms with E-state index in [1.807, 2.05) is 19.2 Å². The van der Waals surface area contributed by atoms with Crippen molar-refractivity contribution < 1.29 is 4.74 Å². The highest BCUT2D eigenvalue weighted by Crippen LogP contribution is 2.12. The van der Waals surface area contributed by atoms with Crippen molar-refractivity contribution in [3.8, 4) is 5.75 Å². The maximum Gasteiger partial charge on any atom is 0.191 e. The van der Waals surface area contributed by atoms with E-state index in [9.17, 15) is 0 Å². The van der Waals surface area contributed by atoms with E-state index >= 15 is 0 Å². The fourth-order valence-corrected chi connectivity index (χ4v) is 2.33. The molecular weight excluding hydrogens is 401 g/mol. The van der Waals surface area contributed by atoms with Crippen LogP contribution in [0.2, 0.25) is 0 Å². The summed E-state index contributed by atoms with van der Waals surface area (Å²) in [6.07, 6.45) is 5.07. The van der Waals surface area contributed by atoms with Crippen LogP contribution in [0.15, 0.2) is 29.3 Å². The molecule has 0 heterocycles. The van der Waals surface area contributed by atoms with Crippen molar-refractivity contribution in [2.24, 2.45) is 10.9 Å². The van der Waals surface area contributed by atoms with E-state index in [0.717, 1.165) is 30.7 Å². The van der Waals surface area contributed by atoms with Crippen LogP contribution in [-0.2, 0) is 6.54 Å². The highest BCUT2D eigenvalue weighted by molar-refractivity contribution is 14.0. The van der Waals surface area contributed by atoms with Crippen molar-refractivity contribution in [3.05, 3.63) is 29.8 Å². The Hall–Kier alpha value is -0.980. The maximum absolute atomic E-state index is 5.17. The second-order valence-electron chi connectivity index (χ2n) is 5.57. The molecule has 0 saturated carbocycles. The lowest BCUT2D eigenvalue weighted by Gasteiger charge is -2.18. The third kappa shape index (κ3) is 9.03. The Balaban J connectivity index is 0.00000484. The maximum atomic E-state index is 5.17. The molecule has 0 aliphatic rings. The number of hydrogen-bond donors (Lipinski definition) is 2. The molecule has 0 aliphatic carbocycles. The number of rotatable bonds is 9. The van der Waals surface area contributed by atoms with E-state index in [-0.39, 0.29) is 24.0 Å². The van der Waals surface area contributed by atoms with Crippen LogP contribution < -0.4 is 15.4 Å². The number of benzene rings is 1. The lowest BCUT2D eigenvalue weighted by atomic mass is 9.99. The summed E-state index contributed by atoms with van der Waals surface area (Å²) in [5, 5.41) is 6.79. The summed E-state index contributed by atoms with van der Waals surface area (Å²) in [6, 6.07) is 8.08. The first-order valence-electron chi connectivity index (χ1n) is 8.30. The Kier molecular flexibility index (Phi) is 12.9. The van der Waals surface area contributed by atoms with Crippen LogP contribution >= 0.6 is 24.0 Å². The SMILES string of the molecule is CCCCC(CC)CNC(=NC)NCc1ccc(OC)cc1.I. The molecule has 23 heavy (non-hydrogen) atoms. The summed E-state index contributed by atoms with van der Waals surface area (Å²) in [6.45, 7) is 6.25. The van der Waals surface area contributed by atoms with E-state index in [4.69, 9.17) is 4.74 Å². The van der Waals surface area contributed by atoms with Gasteiger partial charge in [-0.1, -0.05) is 45.2 Å². The van der Waals surface area contributed by atoms with Crippen molar-refractivity contribution in [3.63, 3.8) is 0 Å². The number of halogens is 1. The van der Waals surface area contributed by atoms with Crippen molar-refractivity contribution in [2.75, 3.05) is 20.7 Å². The van der Waals surface area contributed by atoms with Gasteiger partial charge in [-0.2, -0.15) is 0 Å². The molecule has 0 amide bonds. The molecule has 1 aromatic rings. The quantitative estimate of drug-likeness (QED) is 0.349. The number of guanidine groups is 1. The van der Waals surface area contributed by atoms with Gasteiger partial charge < -0.3 is 15.4 Å². The van der Waals surface area contributed by atoms with Gasteiger partial charge >= 0.3 is 0 Å². The van der Waals surface area contributed by atoms with E-state index in [0.29, 0.717) is 0 Å². The molecule has 1 rings (SSSR count). The van der Waals surface area contributed by atoms with Gasteiger partial charge in [0.25, 0.3) is 0 Å². The number of nitrogens with zero attached hydrogens (tertiary/aromatic N) is 1. The Morgan fingerprint density at radius 1 is 1.17 bits per heavy atom. The molecule has 0 fully saturated rings. The van der Waals surface area contributed by atoms with Gasteiger partial charge in [-0.3, -0.25) is 4.99 Å². The summed E-state index contributed by atoms with van der Waals surface area (Å²) in [7, 11) is 3.50. The van der Waals surface area contributed by atoms with E-state index in [2.05, 4.69) is 41.6 Å². The Bertz CT molecular complexity index is 434. The zero-order chi connectivity index (χ0) is 16.2. The second-order valence-corrected chi connectivity index (χ2v) is 5.57. The number of ether oxygens (including phenoxy) is 1. The topological polar surface area (TPSA) is 45.7 Å². The first kappa shape index (κ1) is 22.0. The Morgan fingerprint density at radius 3 is 2.39 bits per heavy atom. The molecule has 2 N–H and O–H groups in total. The van der Waals surface area contributed by atoms with E-state index in [1.54, 1.807) is 7.11 Å². The van der Waals surface area contributed by atoms with Crippen LogP contribution in [0.5, 0.6) is 5.75 Å². The van der Waals surface area contributed by atoms with Crippen LogP contribution in [0.25, 0.3) is 0 Å². The number of nitrogens with one attached hydrogen (secondary N) is 2. The average Bonchev–Trinajstić information content (AvgIpc) is 2.58. The summed E-state index contributed by atoms with van der Waals surface area (Å²) < 4.78 is 5.17. The molecule has 0 bridgehead atoms. The Morgan fingerprint density at radius 2 is 1.87 bits per heavy atom. The fourth-order valence-electron chi connectivity index (χ4n) is 2.33. The molecule has 0 aliphatic heterocycles. The van der Waals surface area contributed by atoms with Crippen LogP contribution in [0.3, 0.4) is 0 Å². The number of aliphatic imine (C=N–C) groups is 1. The van der Waals surface area contributed by atoms with Crippen molar-refractivity contribution in [1.82, 2.24) is 10.6 Å². The zero-order valence-corrected chi connectivity index (χ0v) is 17.2. The smallest absolute Gasteiger partial charge is 0.191 e. The molecule has 0 spiro atoms. The largest absolute Gasteiger partial charge is 0.497 e. The van der Waals surface area contributed by atoms with E-state index in [1.165, 1.54) is 31.2 Å². The standard InChI is InChI=1S/C18H31N3O.HI/c1-5-7-8-15(6-2)13-20-18(19-3)21-14-16-9-11-17(22-4)12-10-16;/h9-12,15H,5-8,13-14H2,1-4H3,(H2,19,20,21);1H. The molecule has 132 valence electrons. The summed E-state index contributed by atoms with van der Waals surface area (Å²) in [4.78, 5) is 4.29. The van der Waals surface area contributed by atoms with Crippen LogP contribution in [0, 0.1) is 5.92 Å². The van der Waals surface area contributed by atoms with Gasteiger partial charge in [0.05, 0.1) is 7.11 Å². The third-order valence-electron chi connectivity index (χ3n) is 3.94. The molecule has 1 aromatic carbocycles. The number of unbranched alkanes of at least 4 members (excludes halogenated alkanes) is 1. The minimum absolute atomic E-state index is 0. The van der Waals surface area contributed by atoms with Crippen molar-refractivity contribution >= 4 is 29.9 Å². The highest BCUT2D eigenvalue weighted by Gasteiger charge is 2.07. The van der Waals surface area contributed by atoms with Gasteiger partial charge in [-0.15, -0.1) is 24.0 Å². The first-order chi connectivity index (χ1) is 10.7. The molecule has 0 saturated heterocycles. The van der Waals surface area contributed by atoms with Gasteiger partial charge in [-0.25, -0.2) is 0 Å². The molecule has 1 unspecified atom stereocenters. The number of methoxy groups -OCH3 is 1. The molecule has 0 aromatic heterocycles. The molecule has 1 atom stereocenters. The summed E-state index contributed by atoms with van der Waals surface area (Å²) >= 11 is 0. The van der Waals surface area contributed by atoms with Gasteiger partial charge in [0.15, 0.2) is 5.96 Å². The minimum Gasteiger partial charge on any atom is -0.497 e. The van der Waals surface area contributed by atoms with Crippen molar-refractivity contribution in [1.29, 1.82) is 0 Å². The minimum atomic E-state index is 0. The van der Waals surface area contributed by atoms with Crippen LogP contribution in [0.4, 0.5) is 0 Å². The predicted molar refractivity (Wildman–Crippen MR) is 110 cm³/mol. The third-order valence-corrected chi connectivity index (χ3v) is 3.94. The van der Waals surface area contributed by atoms with Gasteiger partial charge in [0.1, 0.15) is 5.75 Å². The van der Waals surface area contributed by atoms with Gasteiger partial charge in [0.2, 0.25) is 0 Å².